The third kappa shape index (κ3) is 4.24. The Labute approximate surface area is 204 Å². The van der Waals surface area contributed by atoms with Crippen molar-refractivity contribution in [2.45, 2.75) is 16.3 Å². The maximum absolute atomic E-state index is 12.5. The summed E-state index contributed by atoms with van der Waals surface area (Å²) in [6.07, 6.45) is 0.757. The zero-order valence-electron chi connectivity index (χ0n) is 16.0. The summed E-state index contributed by atoms with van der Waals surface area (Å²) in [5.41, 5.74) is 0.544. The SMILES string of the molecule is O=CC1(CNc2ccc(Cl)c(C(=O)NC3CNC3)c2)C(c2cc(Cl)cc(Cl)c2)C1(Cl)Cl. The first-order valence-corrected chi connectivity index (χ1v) is 11.4. The first-order valence-electron chi connectivity index (χ1n) is 9.53. The minimum atomic E-state index is -1.33. The Morgan fingerprint density at radius 3 is 2.35 bits per heavy atom. The average Bonchev–Trinajstić information content (AvgIpc) is 3.18. The Kier molecular flexibility index (Phi) is 6.39. The number of aldehydes is 1. The van der Waals surface area contributed by atoms with E-state index in [1.165, 1.54) is 0 Å². The molecule has 4 rings (SSSR count). The van der Waals surface area contributed by atoms with Crippen molar-refractivity contribution in [3.05, 3.63) is 62.6 Å². The van der Waals surface area contributed by atoms with Crippen LogP contribution < -0.4 is 16.0 Å². The van der Waals surface area contributed by atoms with Crippen LogP contribution in [0.25, 0.3) is 0 Å². The quantitative estimate of drug-likeness (QED) is 0.358. The molecule has 5 nitrogen and oxygen atoms in total. The maximum Gasteiger partial charge on any atom is 0.253 e. The van der Waals surface area contributed by atoms with Crippen LogP contribution in [0.4, 0.5) is 5.69 Å². The third-order valence-electron chi connectivity index (χ3n) is 5.76. The minimum absolute atomic E-state index is 0.0865. The van der Waals surface area contributed by atoms with Gasteiger partial charge in [0.15, 0.2) is 0 Å². The summed E-state index contributed by atoms with van der Waals surface area (Å²) < 4.78 is -1.33. The number of carbonyl (C=O) groups excluding carboxylic acids is 2. The summed E-state index contributed by atoms with van der Waals surface area (Å²) >= 11 is 31.5. The van der Waals surface area contributed by atoms with Gasteiger partial charge in [-0.1, -0.05) is 58.0 Å². The van der Waals surface area contributed by atoms with Gasteiger partial charge in [-0.3, -0.25) is 4.79 Å². The van der Waals surface area contributed by atoms with Crippen LogP contribution >= 0.6 is 58.0 Å². The van der Waals surface area contributed by atoms with E-state index in [0.29, 0.717) is 31.9 Å². The Bertz CT molecular complexity index is 1020. The van der Waals surface area contributed by atoms with Gasteiger partial charge < -0.3 is 20.7 Å². The lowest BCUT2D eigenvalue weighted by Gasteiger charge is -2.28. The van der Waals surface area contributed by atoms with E-state index in [4.69, 9.17) is 58.0 Å². The van der Waals surface area contributed by atoms with E-state index in [1.54, 1.807) is 36.4 Å². The van der Waals surface area contributed by atoms with Crippen LogP contribution in [0.1, 0.15) is 21.8 Å². The van der Waals surface area contributed by atoms with E-state index >= 15 is 0 Å². The van der Waals surface area contributed by atoms with Crippen molar-refractivity contribution >= 4 is 75.9 Å². The number of hydrogen-bond donors (Lipinski definition) is 3. The molecular formula is C21H18Cl5N3O2. The summed E-state index contributed by atoms with van der Waals surface area (Å²) in [4.78, 5) is 24.6. The summed E-state index contributed by atoms with van der Waals surface area (Å²) in [6, 6.07) is 10.1. The normalized spacial score (nSPS) is 24.2. The van der Waals surface area contributed by atoms with E-state index in [1.807, 2.05) is 0 Å². The highest BCUT2D eigenvalue weighted by molar-refractivity contribution is 6.54. The zero-order valence-corrected chi connectivity index (χ0v) is 19.8. The number of benzene rings is 2. The van der Waals surface area contributed by atoms with E-state index in [0.717, 1.165) is 19.4 Å². The zero-order chi connectivity index (χ0) is 22.4. The molecule has 2 fully saturated rings. The molecule has 1 saturated carbocycles. The van der Waals surface area contributed by atoms with Crippen LogP contribution in [0.3, 0.4) is 0 Å². The van der Waals surface area contributed by atoms with Gasteiger partial charge in [0.25, 0.3) is 5.91 Å². The fourth-order valence-electron chi connectivity index (χ4n) is 3.84. The van der Waals surface area contributed by atoms with Crippen molar-refractivity contribution in [1.82, 2.24) is 10.6 Å². The van der Waals surface area contributed by atoms with Gasteiger partial charge in [-0.25, -0.2) is 0 Å². The van der Waals surface area contributed by atoms with Gasteiger partial charge in [-0.2, -0.15) is 0 Å². The molecule has 1 saturated heterocycles. The second kappa shape index (κ2) is 8.62. The molecule has 2 aromatic rings. The van der Waals surface area contributed by atoms with Crippen LogP contribution in [0.2, 0.25) is 15.1 Å². The second-order valence-electron chi connectivity index (χ2n) is 7.79. The smallest absolute Gasteiger partial charge is 0.253 e. The number of anilines is 1. The van der Waals surface area contributed by atoms with Crippen LogP contribution in [0.15, 0.2) is 36.4 Å². The molecule has 0 bridgehead atoms. The standard InChI is InChI=1S/C21H18Cl5N3O2/c22-12-3-11(4-13(23)5-12)18-20(10-30,21(18,25)26)9-28-14-1-2-17(24)16(6-14)19(31)29-15-7-27-8-15/h1-6,10,15,18,27-28H,7-9H2,(H,29,31). The van der Waals surface area contributed by atoms with Gasteiger partial charge in [-0.05, 0) is 42.0 Å². The predicted molar refractivity (Wildman–Crippen MR) is 126 cm³/mol. The largest absolute Gasteiger partial charge is 0.384 e. The van der Waals surface area contributed by atoms with Crippen molar-refractivity contribution in [2.75, 3.05) is 25.0 Å². The molecule has 1 aliphatic heterocycles. The number of halogens is 5. The number of amides is 1. The van der Waals surface area contributed by atoms with Crippen molar-refractivity contribution in [1.29, 1.82) is 0 Å². The molecule has 2 atom stereocenters. The lowest BCUT2D eigenvalue weighted by atomic mass is 10.00. The molecule has 10 heteroatoms. The van der Waals surface area contributed by atoms with Gasteiger partial charge in [0.1, 0.15) is 10.6 Å². The summed E-state index contributed by atoms with van der Waals surface area (Å²) in [7, 11) is 0. The summed E-state index contributed by atoms with van der Waals surface area (Å²) in [5, 5.41) is 10.4. The van der Waals surface area contributed by atoms with Crippen LogP contribution in [-0.4, -0.2) is 42.2 Å². The van der Waals surface area contributed by atoms with Gasteiger partial charge in [0.2, 0.25) is 0 Å². The molecule has 0 spiro atoms. The van der Waals surface area contributed by atoms with E-state index in [9.17, 15) is 9.59 Å². The van der Waals surface area contributed by atoms with Crippen molar-refractivity contribution in [3.63, 3.8) is 0 Å². The number of nitrogens with one attached hydrogen (secondary N) is 3. The number of alkyl halides is 2. The monoisotopic (exact) mass is 519 g/mol. The molecule has 3 N–H and O–H groups in total. The molecule has 2 unspecified atom stereocenters. The van der Waals surface area contributed by atoms with Crippen LogP contribution in [0.5, 0.6) is 0 Å². The van der Waals surface area contributed by atoms with E-state index in [2.05, 4.69) is 16.0 Å². The van der Waals surface area contributed by atoms with Crippen molar-refractivity contribution in [2.24, 2.45) is 5.41 Å². The van der Waals surface area contributed by atoms with E-state index < -0.39 is 15.7 Å². The first kappa shape index (κ1) is 23.0. The molecule has 164 valence electrons. The number of carbonyl (C=O) groups is 2. The fraction of sp³-hybridized carbons (Fsp3) is 0.333. The second-order valence-corrected chi connectivity index (χ2v) is 10.5. The summed E-state index contributed by atoms with van der Waals surface area (Å²) in [6.45, 7) is 1.60. The molecule has 0 aromatic heterocycles. The first-order chi connectivity index (χ1) is 14.7. The highest BCUT2D eigenvalue weighted by atomic mass is 35.5. The van der Waals surface area contributed by atoms with Crippen molar-refractivity contribution in [3.8, 4) is 0 Å². The van der Waals surface area contributed by atoms with Crippen molar-refractivity contribution < 1.29 is 9.59 Å². The third-order valence-corrected chi connectivity index (χ3v) is 7.66. The van der Waals surface area contributed by atoms with Crippen LogP contribution in [0, 0.1) is 5.41 Å². The molecule has 1 aliphatic carbocycles. The Morgan fingerprint density at radius 2 is 1.77 bits per heavy atom. The molecule has 31 heavy (non-hydrogen) atoms. The average molecular weight is 522 g/mol. The van der Waals surface area contributed by atoms with Gasteiger partial charge in [-0.15, -0.1) is 0 Å². The minimum Gasteiger partial charge on any atom is -0.384 e. The van der Waals surface area contributed by atoms with Crippen LogP contribution in [-0.2, 0) is 4.79 Å². The lowest BCUT2D eigenvalue weighted by Crippen LogP contribution is -2.56. The highest BCUT2D eigenvalue weighted by Crippen LogP contribution is 2.73. The molecule has 2 aromatic carbocycles. The lowest BCUT2D eigenvalue weighted by molar-refractivity contribution is -0.112. The fourth-order valence-corrected chi connectivity index (χ4v) is 5.56. The Balaban J connectivity index is 1.52. The van der Waals surface area contributed by atoms with Gasteiger partial charge >= 0.3 is 0 Å². The molecule has 1 amide bonds. The topological polar surface area (TPSA) is 70.2 Å². The Hall–Kier alpha value is -1.21. The predicted octanol–water partition coefficient (Wildman–Crippen LogP) is 4.92. The molecule has 1 heterocycles. The molecular weight excluding hydrogens is 504 g/mol. The molecule has 0 radical (unpaired) electrons. The molecule has 2 aliphatic rings. The Morgan fingerprint density at radius 1 is 1.10 bits per heavy atom. The number of rotatable bonds is 7. The van der Waals surface area contributed by atoms with Gasteiger partial charge in [0.05, 0.1) is 22.0 Å². The van der Waals surface area contributed by atoms with E-state index in [-0.39, 0.29) is 18.5 Å². The summed E-state index contributed by atoms with van der Waals surface area (Å²) in [5.74, 6) is -0.752. The highest BCUT2D eigenvalue weighted by Gasteiger charge is 2.76. The van der Waals surface area contributed by atoms with Gasteiger partial charge in [0, 0.05) is 41.3 Å². The maximum atomic E-state index is 12.5. The number of hydrogen-bond acceptors (Lipinski definition) is 4.